The predicted molar refractivity (Wildman–Crippen MR) is 163 cm³/mol. The molecule has 1 amide bonds. The van der Waals surface area contributed by atoms with Crippen LogP contribution >= 0.6 is 11.6 Å². The third kappa shape index (κ3) is 5.72. The summed E-state index contributed by atoms with van der Waals surface area (Å²) in [4.78, 5) is 22.0. The largest absolute Gasteiger partial charge is 0.488 e. The first-order valence-corrected chi connectivity index (χ1v) is 15.7. The first-order chi connectivity index (χ1) is 20.1. The highest BCUT2D eigenvalue weighted by molar-refractivity contribution is 6.31. The maximum absolute atomic E-state index is 13.2. The van der Waals surface area contributed by atoms with Crippen LogP contribution in [0.5, 0.6) is 5.75 Å². The zero-order valence-corrected chi connectivity index (χ0v) is 24.3. The van der Waals surface area contributed by atoms with Crippen LogP contribution < -0.4 is 10.1 Å². The second kappa shape index (κ2) is 11.7. The second-order valence-electron chi connectivity index (χ2n) is 12.1. The summed E-state index contributed by atoms with van der Waals surface area (Å²) >= 11 is 6.09. The van der Waals surface area contributed by atoms with Crippen LogP contribution in [0.2, 0.25) is 5.02 Å². The van der Waals surface area contributed by atoms with E-state index in [1.54, 1.807) is 6.26 Å². The number of carbonyl (C=O) groups excluding carboxylic acids is 1. The number of hydrogen-bond acceptors (Lipinski definition) is 5. The van der Waals surface area contributed by atoms with Gasteiger partial charge in [-0.05, 0) is 93.9 Å². The molecule has 0 radical (unpaired) electrons. The van der Waals surface area contributed by atoms with Gasteiger partial charge in [-0.1, -0.05) is 24.1 Å². The minimum absolute atomic E-state index is 0.0477. The van der Waals surface area contributed by atoms with Crippen LogP contribution in [0.1, 0.15) is 61.0 Å². The van der Waals surface area contributed by atoms with Gasteiger partial charge in [0.15, 0.2) is 0 Å². The number of rotatable bonds is 7. The molecule has 41 heavy (non-hydrogen) atoms. The number of hydrogen-bond donors (Lipinski definition) is 2. The number of halogens is 1. The lowest BCUT2D eigenvalue weighted by Crippen LogP contribution is -2.52. The SMILES string of the molecule is O=C(NC1CCN(C[C@@H]2CCCN3CCCCC23)CC1)c1cc2c(OCc3coc4cc(Cl)ccc34)cccc2[nH]1. The maximum Gasteiger partial charge on any atom is 0.267 e. The number of fused-ring (bicyclic) bond motifs is 3. The Kier molecular flexibility index (Phi) is 7.67. The number of carbonyl (C=O) groups is 1. The Morgan fingerprint density at radius 2 is 1.88 bits per heavy atom. The molecule has 1 unspecified atom stereocenters. The molecule has 5 heterocycles. The Hall–Kier alpha value is -3.00. The zero-order valence-electron chi connectivity index (χ0n) is 23.5. The van der Waals surface area contributed by atoms with Gasteiger partial charge >= 0.3 is 0 Å². The summed E-state index contributed by atoms with van der Waals surface area (Å²) in [5.41, 5.74) is 3.15. The van der Waals surface area contributed by atoms with Crippen LogP contribution in [0, 0.1) is 5.92 Å². The second-order valence-corrected chi connectivity index (χ2v) is 12.6. The van der Waals surface area contributed by atoms with Gasteiger partial charge in [0.1, 0.15) is 23.6 Å². The van der Waals surface area contributed by atoms with E-state index in [9.17, 15) is 4.79 Å². The summed E-state index contributed by atoms with van der Waals surface area (Å²) in [6.07, 6.45) is 10.6. The minimum atomic E-state index is -0.0477. The summed E-state index contributed by atoms with van der Waals surface area (Å²) in [6, 6.07) is 14.4. The van der Waals surface area contributed by atoms with Crippen LogP contribution in [0.15, 0.2) is 53.1 Å². The molecular formula is C33H39ClN4O3. The monoisotopic (exact) mass is 574 g/mol. The molecule has 0 saturated carbocycles. The zero-order chi connectivity index (χ0) is 27.8. The predicted octanol–water partition coefficient (Wildman–Crippen LogP) is 6.61. The Bertz CT molecular complexity index is 1520. The number of amides is 1. The average molecular weight is 575 g/mol. The first kappa shape index (κ1) is 26.9. The van der Waals surface area contributed by atoms with E-state index in [0.717, 1.165) is 71.1 Å². The molecule has 3 saturated heterocycles. The lowest BCUT2D eigenvalue weighted by atomic mass is 9.83. The van der Waals surface area contributed by atoms with E-state index in [0.29, 0.717) is 17.3 Å². The average Bonchev–Trinajstić information content (AvgIpc) is 3.62. The molecule has 0 bridgehead atoms. The summed E-state index contributed by atoms with van der Waals surface area (Å²) in [7, 11) is 0. The van der Waals surface area contributed by atoms with Crippen molar-refractivity contribution >= 4 is 39.4 Å². The maximum atomic E-state index is 13.2. The van der Waals surface area contributed by atoms with Crippen molar-refractivity contribution in [3.63, 3.8) is 0 Å². The van der Waals surface area contributed by atoms with Crippen molar-refractivity contribution in [2.24, 2.45) is 5.92 Å². The number of aromatic amines is 1. The van der Waals surface area contributed by atoms with Crippen molar-refractivity contribution in [2.45, 2.75) is 63.6 Å². The highest BCUT2D eigenvalue weighted by atomic mass is 35.5. The summed E-state index contributed by atoms with van der Waals surface area (Å²) < 4.78 is 11.8. The van der Waals surface area contributed by atoms with E-state index in [2.05, 4.69) is 20.1 Å². The van der Waals surface area contributed by atoms with Crippen LogP contribution in [0.3, 0.4) is 0 Å². The molecule has 2 atom stereocenters. The Morgan fingerprint density at radius 1 is 1.00 bits per heavy atom. The van der Waals surface area contributed by atoms with E-state index in [1.807, 2.05) is 42.5 Å². The number of nitrogens with one attached hydrogen (secondary N) is 2. The van der Waals surface area contributed by atoms with Gasteiger partial charge in [0.25, 0.3) is 5.91 Å². The van der Waals surface area contributed by atoms with E-state index >= 15 is 0 Å². The molecule has 0 spiro atoms. The number of benzene rings is 2. The summed E-state index contributed by atoms with van der Waals surface area (Å²) in [5.74, 6) is 1.49. The van der Waals surface area contributed by atoms with Crippen LogP contribution in [0.4, 0.5) is 0 Å². The molecule has 3 fully saturated rings. The molecule has 8 heteroatoms. The summed E-state index contributed by atoms with van der Waals surface area (Å²) in [5, 5.41) is 5.82. The Morgan fingerprint density at radius 3 is 2.78 bits per heavy atom. The number of ether oxygens (including phenoxy) is 1. The van der Waals surface area contributed by atoms with Crippen LogP contribution in [0.25, 0.3) is 21.9 Å². The van der Waals surface area contributed by atoms with E-state index in [1.165, 1.54) is 51.7 Å². The highest BCUT2D eigenvalue weighted by Crippen LogP contribution is 2.33. The molecule has 4 aromatic rings. The first-order valence-electron chi connectivity index (χ1n) is 15.3. The van der Waals surface area contributed by atoms with Crippen molar-refractivity contribution < 1.29 is 13.9 Å². The quantitative estimate of drug-likeness (QED) is 0.260. The minimum Gasteiger partial charge on any atom is -0.488 e. The molecule has 7 nitrogen and oxygen atoms in total. The van der Waals surface area contributed by atoms with Crippen LogP contribution in [-0.4, -0.2) is 65.5 Å². The number of H-pyrrole nitrogens is 1. The Labute approximate surface area is 246 Å². The topological polar surface area (TPSA) is 73.7 Å². The number of nitrogens with zero attached hydrogens (tertiary/aromatic N) is 2. The van der Waals surface area contributed by atoms with Gasteiger partial charge in [0, 0.05) is 58.6 Å². The summed E-state index contributed by atoms with van der Waals surface area (Å²) in [6.45, 7) is 6.30. The van der Waals surface area contributed by atoms with Gasteiger partial charge in [-0.3, -0.25) is 4.79 Å². The number of furan rings is 1. The van der Waals surface area contributed by atoms with Gasteiger partial charge in [0.05, 0.1) is 6.26 Å². The van der Waals surface area contributed by atoms with E-state index in [-0.39, 0.29) is 11.9 Å². The molecule has 3 aliphatic rings. The smallest absolute Gasteiger partial charge is 0.267 e. The third-order valence-corrected chi connectivity index (χ3v) is 9.75. The fourth-order valence-corrected chi connectivity index (χ4v) is 7.51. The van der Waals surface area contributed by atoms with Gasteiger partial charge in [0.2, 0.25) is 0 Å². The normalized spacial score (nSPS) is 22.7. The van der Waals surface area contributed by atoms with Crippen molar-refractivity contribution in [3.05, 3.63) is 65.0 Å². The Balaban J connectivity index is 0.948. The third-order valence-electron chi connectivity index (χ3n) is 9.51. The molecule has 0 aliphatic carbocycles. The number of piperidine rings is 3. The van der Waals surface area contributed by atoms with Crippen molar-refractivity contribution in [1.29, 1.82) is 0 Å². The van der Waals surface area contributed by atoms with Gasteiger partial charge < -0.3 is 29.3 Å². The lowest BCUT2D eigenvalue weighted by molar-refractivity contribution is 0.0351. The fourth-order valence-electron chi connectivity index (χ4n) is 7.34. The van der Waals surface area contributed by atoms with Gasteiger partial charge in [-0.15, -0.1) is 0 Å². The van der Waals surface area contributed by atoms with Gasteiger partial charge in [-0.25, -0.2) is 0 Å². The molecule has 3 aliphatic heterocycles. The van der Waals surface area contributed by atoms with E-state index in [4.69, 9.17) is 20.8 Å². The fraction of sp³-hybridized carbons (Fsp3) is 0.485. The molecule has 2 aromatic heterocycles. The number of likely N-dealkylation sites (tertiary alicyclic amines) is 1. The molecule has 7 rings (SSSR count). The molecule has 216 valence electrons. The van der Waals surface area contributed by atoms with E-state index < -0.39 is 0 Å². The number of aromatic nitrogens is 1. The van der Waals surface area contributed by atoms with Crippen LogP contribution in [-0.2, 0) is 6.61 Å². The lowest BCUT2D eigenvalue weighted by Gasteiger charge is -2.46. The van der Waals surface area contributed by atoms with Crippen molar-refractivity contribution in [1.82, 2.24) is 20.1 Å². The van der Waals surface area contributed by atoms with Gasteiger partial charge in [-0.2, -0.15) is 0 Å². The molecule has 2 aromatic carbocycles. The molecule has 2 N–H and O–H groups in total. The van der Waals surface area contributed by atoms with Crippen molar-refractivity contribution in [2.75, 3.05) is 32.7 Å². The highest BCUT2D eigenvalue weighted by Gasteiger charge is 2.34. The van der Waals surface area contributed by atoms with Crippen molar-refractivity contribution in [3.8, 4) is 5.75 Å². The molecular weight excluding hydrogens is 536 g/mol. The standard InChI is InChI=1S/C33H39ClN4O3/c34-24-9-10-26-23(21-41-32(26)17-24)20-40-31-8-3-6-28-27(31)18-29(36-28)33(39)35-25-11-15-37(16-12-25)19-22-5-4-14-38-13-2-1-7-30(22)38/h3,6,8-10,17-18,21-22,25,30,36H,1-2,4-5,7,11-16,19-20H2,(H,35,39)/t22-,30?/m0/s1.